The van der Waals surface area contributed by atoms with Gasteiger partial charge in [0.15, 0.2) is 0 Å². The number of nitrogens with one attached hydrogen (secondary N) is 1. The van der Waals surface area contributed by atoms with Crippen LogP contribution in [0.3, 0.4) is 0 Å². The summed E-state index contributed by atoms with van der Waals surface area (Å²) in [6.07, 6.45) is 1.08. The number of alkyl halides is 2. The second kappa shape index (κ2) is 8.58. The van der Waals surface area contributed by atoms with Gasteiger partial charge in [-0.15, -0.1) is 11.8 Å². The van der Waals surface area contributed by atoms with Crippen LogP contribution in [0.2, 0.25) is 0 Å². The molecule has 0 saturated carbocycles. The number of carbonyl (C=O) groups is 3. The summed E-state index contributed by atoms with van der Waals surface area (Å²) in [6.45, 7) is 0. The van der Waals surface area contributed by atoms with E-state index in [4.69, 9.17) is 4.84 Å². The summed E-state index contributed by atoms with van der Waals surface area (Å²) in [4.78, 5) is 43.0. The van der Waals surface area contributed by atoms with E-state index < -0.39 is 11.9 Å². The van der Waals surface area contributed by atoms with Crippen LogP contribution in [0.5, 0.6) is 0 Å². The van der Waals surface area contributed by atoms with Gasteiger partial charge in [0.2, 0.25) is 5.91 Å². The molecule has 0 aliphatic carbocycles. The lowest BCUT2D eigenvalue weighted by Gasteiger charge is -2.45. The quantitative estimate of drug-likeness (QED) is 0.380. The fraction of sp³-hybridized carbons (Fsp3) is 0.353. The third kappa shape index (κ3) is 4.15. The second-order valence-electron chi connectivity index (χ2n) is 5.76. The first-order chi connectivity index (χ1) is 12.5. The molecule has 0 bridgehead atoms. The number of rotatable bonds is 5. The molecule has 26 heavy (non-hydrogen) atoms. The van der Waals surface area contributed by atoms with Crippen LogP contribution in [0.4, 0.5) is 0 Å². The minimum absolute atomic E-state index is 0.0722. The van der Waals surface area contributed by atoms with Crippen molar-refractivity contribution in [1.29, 1.82) is 0 Å². The predicted molar refractivity (Wildman–Crippen MR) is 105 cm³/mol. The Kier molecular flexibility index (Phi) is 6.42. The molecule has 3 rings (SSSR count). The molecule has 1 saturated heterocycles. The molecule has 1 aromatic carbocycles. The van der Waals surface area contributed by atoms with Gasteiger partial charge in [-0.1, -0.05) is 62.2 Å². The van der Waals surface area contributed by atoms with Gasteiger partial charge in [0.1, 0.15) is 5.70 Å². The van der Waals surface area contributed by atoms with E-state index in [0.29, 0.717) is 18.2 Å². The van der Waals surface area contributed by atoms with Crippen molar-refractivity contribution in [3.05, 3.63) is 47.2 Å². The van der Waals surface area contributed by atoms with Crippen molar-refractivity contribution in [2.75, 3.05) is 5.33 Å². The average Bonchev–Trinajstić information content (AvgIpc) is 2.62. The molecule has 2 amide bonds. The number of hydrogen-bond acceptors (Lipinski definition) is 5. The van der Waals surface area contributed by atoms with Gasteiger partial charge in [0.05, 0.1) is 22.4 Å². The highest BCUT2D eigenvalue weighted by molar-refractivity contribution is 9.11. The maximum Gasteiger partial charge on any atom is 0.379 e. The lowest BCUT2D eigenvalue weighted by atomic mass is 10.1. The fourth-order valence-electron chi connectivity index (χ4n) is 2.78. The molecule has 6 nitrogen and oxygen atoms in total. The molecule has 2 unspecified atom stereocenters. The van der Waals surface area contributed by atoms with E-state index in [1.54, 1.807) is 11.8 Å². The molecular formula is C17H16Br2N2O4S. The Bertz CT molecular complexity index is 756. The number of benzene rings is 1. The minimum Gasteiger partial charge on any atom is -0.334 e. The molecule has 2 aliphatic rings. The molecule has 2 atom stereocenters. The van der Waals surface area contributed by atoms with E-state index in [1.165, 1.54) is 4.90 Å². The standard InChI is InChI=1S/C17H16Br2N2O4S/c18-7-6-11-15(21-13(23)9-14(21)26-16(11)19)17(24)25-20-12(22)8-10-4-2-1-3-5-10/h1-5,14,16H,6-9H2,(H,20,22). The van der Waals surface area contributed by atoms with Crippen molar-refractivity contribution in [3.8, 4) is 0 Å². The number of hydroxylamine groups is 1. The smallest absolute Gasteiger partial charge is 0.334 e. The van der Waals surface area contributed by atoms with Gasteiger partial charge in [0.25, 0.3) is 5.91 Å². The fourth-order valence-corrected chi connectivity index (χ4v) is 5.65. The van der Waals surface area contributed by atoms with E-state index in [9.17, 15) is 14.4 Å². The predicted octanol–water partition coefficient (Wildman–Crippen LogP) is 2.87. The van der Waals surface area contributed by atoms with E-state index in [0.717, 1.165) is 11.1 Å². The Morgan fingerprint density at radius 1 is 1.31 bits per heavy atom. The molecule has 2 heterocycles. The third-order valence-electron chi connectivity index (χ3n) is 4.02. The van der Waals surface area contributed by atoms with Gasteiger partial charge in [-0.05, 0) is 17.6 Å². The Hall–Kier alpha value is -1.32. The summed E-state index contributed by atoms with van der Waals surface area (Å²) < 4.78 is -0.0722. The van der Waals surface area contributed by atoms with Crippen LogP contribution in [0.25, 0.3) is 0 Å². The third-order valence-corrected chi connectivity index (χ3v) is 6.84. The van der Waals surface area contributed by atoms with E-state index in [-0.39, 0.29) is 27.6 Å². The Labute approximate surface area is 171 Å². The number of β-lactam (4-membered cyclic amide) rings is 1. The lowest BCUT2D eigenvalue weighted by Crippen LogP contribution is -2.55. The van der Waals surface area contributed by atoms with Gasteiger partial charge in [-0.2, -0.15) is 5.48 Å². The maximum absolute atomic E-state index is 12.6. The summed E-state index contributed by atoms with van der Waals surface area (Å²) in [5, 5.41) is 0.572. The highest BCUT2D eigenvalue weighted by Gasteiger charge is 2.48. The molecule has 9 heteroatoms. The highest BCUT2D eigenvalue weighted by atomic mass is 79.9. The lowest BCUT2D eigenvalue weighted by molar-refractivity contribution is -0.159. The number of fused-ring (bicyclic) bond motifs is 1. The molecule has 0 radical (unpaired) electrons. The first-order valence-corrected chi connectivity index (χ1v) is 10.9. The van der Waals surface area contributed by atoms with Crippen LogP contribution in [-0.4, -0.2) is 37.5 Å². The summed E-state index contributed by atoms with van der Waals surface area (Å²) in [6, 6.07) is 9.15. The molecule has 138 valence electrons. The van der Waals surface area contributed by atoms with Gasteiger partial charge in [0, 0.05) is 5.33 Å². The van der Waals surface area contributed by atoms with Crippen LogP contribution < -0.4 is 5.48 Å². The molecule has 1 aromatic rings. The zero-order chi connectivity index (χ0) is 18.7. The number of carbonyl (C=O) groups excluding carboxylic acids is 3. The minimum atomic E-state index is -0.717. The van der Waals surface area contributed by atoms with Crippen molar-refractivity contribution in [1.82, 2.24) is 10.4 Å². The summed E-state index contributed by atoms with van der Waals surface area (Å²) in [5.74, 6) is -1.26. The van der Waals surface area contributed by atoms with Crippen LogP contribution in [0, 0.1) is 0 Å². The number of halogens is 2. The highest BCUT2D eigenvalue weighted by Crippen LogP contribution is 2.47. The van der Waals surface area contributed by atoms with Gasteiger partial charge >= 0.3 is 5.97 Å². The van der Waals surface area contributed by atoms with Crippen LogP contribution in [0.1, 0.15) is 18.4 Å². The number of hydrogen-bond donors (Lipinski definition) is 1. The van der Waals surface area contributed by atoms with E-state index in [2.05, 4.69) is 37.3 Å². The summed E-state index contributed by atoms with van der Waals surface area (Å²) >= 11 is 8.51. The summed E-state index contributed by atoms with van der Waals surface area (Å²) in [7, 11) is 0. The topological polar surface area (TPSA) is 75.7 Å². The normalized spacial score (nSPS) is 21.8. The zero-order valence-corrected chi connectivity index (χ0v) is 17.6. The van der Waals surface area contributed by atoms with Gasteiger partial charge < -0.3 is 4.84 Å². The first kappa shape index (κ1) is 19.4. The van der Waals surface area contributed by atoms with Crippen LogP contribution in [-0.2, 0) is 25.6 Å². The van der Waals surface area contributed by atoms with Crippen molar-refractivity contribution >= 4 is 61.4 Å². The van der Waals surface area contributed by atoms with E-state index in [1.807, 2.05) is 30.3 Å². The molecule has 0 aromatic heterocycles. The molecule has 1 fully saturated rings. The molecule has 1 N–H and O–H groups in total. The number of nitrogens with zero attached hydrogens (tertiary/aromatic N) is 1. The van der Waals surface area contributed by atoms with Crippen molar-refractivity contribution < 1.29 is 19.2 Å². The average molecular weight is 504 g/mol. The SMILES string of the molecule is O=C(Cc1ccccc1)NOC(=O)C1=C(CCBr)C(Br)SC2CC(=O)N12. The number of thioether (sulfide) groups is 1. The summed E-state index contributed by atoms with van der Waals surface area (Å²) in [5.41, 5.74) is 4.00. The van der Waals surface area contributed by atoms with Crippen molar-refractivity contribution in [3.63, 3.8) is 0 Å². The monoisotopic (exact) mass is 502 g/mol. The molecular weight excluding hydrogens is 488 g/mol. The van der Waals surface area contributed by atoms with Crippen molar-refractivity contribution in [2.45, 2.75) is 28.8 Å². The van der Waals surface area contributed by atoms with Gasteiger partial charge in [-0.3, -0.25) is 14.5 Å². The molecule has 0 spiro atoms. The Morgan fingerprint density at radius 3 is 2.69 bits per heavy atom. The zero-order valence-electron chi connectivity index (χ0n) is 13.6. The molecule has 2 aliphatic heterocycles. The van der Waals surface area contributed by atoms with Crippen LogP contribution >= 0.6 is 43.6 Å². The Balaban J connectivity index is 1.69. The Morgan fingerprint density at radius 2 is 2.04 bits per heavy atom. The van der Waals surface area contributed by atoms with Crippen LogP contribution in [0.15, 0.2) is 41.6 Å². The maximum atomic E-state index is 12.6. The van der Waals surface area contributed by atoms with E-state index >= 15 is 0 Å². The first-order valence-electron chi connectivity index (χ1n) is 7.95. The number of amides is 2. The largest absolute Gasteiger partial charge is 0.379 e. The second-order valence-corrected chi connectivity index (χ2v) is 9.37. The van der Waals surface area contributed by atoms with Gasteiger partial charge in [-0.25, -0.2) is 4.79 Å². The van der Waals surface area contributed by atoms with Crippen molar-refractivity contribution in [2.24, 2.45) is 0 Å².